The van der Waals surface area contributed by atoms with Crippen LogP contribution >= 0.6 is 0 Å². The molecule has 5 aliphatic rings. The first-order valence-electron chi connectivity index (χ1n) is 13.1. The highest BCUT2D eigenvalue weighted by Crippen LogP contribution is 2.73. The maximum atomic E-state index is 13.6. The lowest BCUT2D eigenvalue weighted by molar-refractivity contribution is -0.129. The lowest BCUT2D eigenvalue weighted by atomic mass is 9.46. The predicted octanol–water partition coefficient (Wildman–Crippen LogP) is 2.10. The molecule has 11 atom stereocenters. The Morgan fingerprint density at radius 1 is 1.11 bits per heavy atom. The summed E-state index contributed by atoms with van der Waals surface area (Å²) in [5, 5.41) is 43.7. The minimum Gasteiger partial charge on any atom is -0.392 e. The molecule has 0 unspecified atom stereocenters. The Labute approximate surface area is 207 Å². The van der Waals surface area contributed by atoms with Crippen molar-refractivity contribution in [3.05, 3.63) is 23.3 Å². The summed E-state index contributed by atoms with van der Waals surface area (Å²) in [6.07, 6.45) is 0.745. The molecule has 4 N–H and O–H groups in total. The number of Topliss-reactive ketones (excluding diaryl/α,β-unsaturated/α-hetero) is 1. The summed E-state index contributed by atoms with van der Waals surface area (Å²) in [6, 6.07) is 0. The first-order chi connectivity index (χ1) is 16.2. The number of ketones is 2. The summed E-state index contributed by atoms with van der Waals surface area (Å²) < 4.78 is 5.88. The van der Waals surface area contributed by atoms with Crippen LogP contribution in [0.1, 0.15) is 67.2 Å². The monoisotopic (exact) mass is 488 g/mol. The number of rotatable bonds is 5. The van der Waals surface area contributed by atoms with E-state index in [1.165, 1.54) is 0 Å². The molecule has 0 aromatic carbocycles. The van der Waals surface area contributed by atoms with Gasteiger partial charge in [0.2, 0.25) is 0 Å². The van der Waals surface area contributed by atoms with Crippen LogP contribution in [0.5, 0.6) is 0 Å². The SMILES string of the molecule is CC(C)C(=O)C[C@@H](O)[C@@H](C)[C@H]1CC[C@@]2(C)C3=CC(=O)[C@]45O[C@H]4[C@H](O)[C@@H](O)C[C@]5(C)C3=C[C@@H](O)[C@]12C. The average Bonchev–Trinajstić information content (AvgIpc) is 3.48. The van der Waals surface area contributed by atoms with Gasteiger partial charge in [-0.25, -0.2) is 0 Å². The number of aliphatic hydroxyl groups excluding tert-OH is 4. The molecule has 0 bridgehead atoms. The van der Waals surface area contributed by atoms with Gasteiger partial charge in [-0.15, -0.1) is 0 Å². The third kappa shape index (κ3) is 2.90. The van der Waals surface area contributed by atoms with E-state index in [0.29, 0.717) is 0 Å². The van der Waals surface area contributed by atoms with Crippen LogP contribution in [0.2, 0.25) is 0 Å². The van der Waals surface area contributed by atoms with Crippen LogP contribution in [-0.4, -0.2) is 68.1 Å². The van der Waals surface area contributed by atoms with Crippen LogP contribution in [0.15, 0.2) is 23.3 Å². The lowest BCUT2D eigenvalue weighted by Gasteiger charge is -2.58. The summed E-state index contributed by atoms with van der Waals surface area (Å²) in [6.45, 7) is 11.7. The molecule has 194 valence electrons. The van der Waals surface area contributed by atoms with Crippen LogP contribution in [0.3, 0.4) is 0 Å². The smallest absolute Gasteiger partial charge is 0.191 e. The fraction of sp³-hybridized carbons (Fsp3) is 0.786. The molecule has 1 saturated heterocycles. The van der Waals surface area contributed by atoms with Crippen molar-refractivity contribution in [2.24, 2.45) is 34.0 Å². The Hall–Kier alpha value is -1.38. The molecule has 5 rings (SSSR count). The van der Waals surface area contributed by atoms with E-state index in [0.717, 1.165) is 24.0 Å². The van der Waals surface area contributed by atoms with Crippen molar-refractivity contribution in [2.45, 2.75) is 103 Å². The highest BCUT2D eigenvalue weighted by atomic mass is 16.6. The Morgan fingerprint density at radius 3 is 2.40 bits per heavy atom. The number of fused-ring (bicyclic) bond motifs is 4. The van der Waals surface area contributed by atoms with Gasteiger partial charge in [0.1, 0.15) is 18.0 Å². The van der Waals surface area contributed by atoms with E-state index >= 15 is 0 Å². The Kier molecular flexibility index (Phi) is 5.47. The Bertz CT molecular complexity index is 1030. The van der Waals surface area contributed by atoms with Gasteiger partial charge in [0.25, 0.3) is 0 Å². The molecule has 0 aromatic heterocycles. The number of allylic oxidation sites excluding steroid dienone is 1. The molecule has 3 fully saturated rings. The molecule has 0 radical (unpaired) electrons. The summed E-state index contributed by atoms with van der Waals surface area (Å²) >= 11 is 0. The highest BCUT2D eigenvalue weighted by Gasteiger charge is 2.80. The normalized spacial score (nSPS) is 49.8. The van der Waals surface area contributed by atoms with Gasteiger partial charge in [-0.1, -0.05) is 47.6 Å². The minimum atomic E-state index is -1.19. The molecular formula is C28H40O7. The second kappa shape index (κ2) is 7.57. The Balaban J connectivity index is 1.55. The quantitative estimate of drug-likeness (QED) is 0.437. The second-order valence-electron chi connectivity index (χ2n) is 12.8. The molecule has 0 aromatic rings. The number of aliphatic hydroxyl groups is 4. The van der Waals surface area contributed by atoms with Crippen molar-refractivity contribution in [2.75, 3.05) is 0 Å². The summed E-state index contributed by atoms with van der Waals surface area (Å²) in [4.78, 5) is 25.9. The molecule has 7 nitrogen and oxygen atoms in total. The predicted molar refractivity (Wildman–Crippen MR) is 128 cm³/mol. The number of hydrogen-bond acceptors (Lipinski definition) is 7. The summed E-state index contributed by atoms with van der Waals surface area (Å²) in [5.74, 6) is -0.562. The largest absolute Gasteiger partial charge is 0.392 e. The van der Waals surface area contributed by atoms with Gasteiger partial charge in [-0.3, -0.25) is 9.59 Å². The summed E-state index contributed by atoms with van der Waals surface area (Å²) in [7, 11) is 0. The molecule has 1 aliphatic heterocycles. The molecule has 1 spiro atoms. The van der Waals surface area contributed by atoms with E-state index < -0.39 is 52.4 Å². The first-order valence-corrected chi connectivity index (χ1v) is 13.1. The van der Waals surface area contributed by atoms with E-state index in [1.807, 2.05) is 40.7 Å². The van der Waals surface area contributed by atoms with Crippen molar-refractivity contribution in [1.82, 2.24) is 0 Å². The van der Waals surface area contributed by atoms with Crippen LogP contribution in [0.25, 0.3) is 0 Å². The maximum Gasteiger partial charge on any atom is 0.191 e. The average molecular weight is 489 g/mol. The van der Waals surface area contributed by atoms with Crippen LogP contribution in [0, 0.1) is 34.0 Å². The van der Waals surface area contributed by atoms with E-state index in [4.69, 9.17) is 4.74 Å². The number of epoxide rings is 1. The van der Waals surface area contributed by atoms with Gasteiger partial charge >= 0.3 is 0 Å². The van der Waals surface area contributed by atoms with Crippen LogP contribution in [0.4, 0.5) is 0 Å². The highest BCUT2D eigenvalue weighted by molar-refractivity contribution is 6.04. The second-order valence-corrected chi connectivity index (χ2v) is 12.8. The van der Waals surface area contributed by atoms with Crippen molar-refractivity contribution in [1.29, 1.82) is 0 Å². The molecule has 0 amide bonds. The topological polar surface area (TPSA) is 128 Å². The lowest BCUT2D eigenvalue weighted by Crippen LogP contribution is -2.61. The Morgan fingerprint density at radius 2 is 1.77 bits per heavy atom. The van der Waals surface area contributed by atoms with Gasteiger partial charge in [0.15, 0.2) is 11.4 Å². The minimum absolute atomic E-state index is 0.0254. The van der Waals surface area contributed by atoms with E-state index in [-0.39, 0.29) is 42.2 Å². The van der Waals surface area contributed by atoms with Gasteiger partial charge in [0.05, 0.1) is 18.3 Å². The van der Waals surface area contributed by atoms with E-state index in [2.05, 4.69) is 6.92 Å². The summed E-state index contributed by atoms with van der Waals surface area (Å²) in [5.41, 5.74) is -1.52. The van der Waals surface area contributed by atoms with E-state index in [1.54, 1.807) is 6.08 Å². The fourth-order valence-electron chi connectivity index (χ4n) is 8.37. The number of ether oxygens (including phenoxy) is 1. The van der Waals surface area contributed by atoms with E-state index in [9.17, 15) is 30.0 Å². The van der Waals surface area contributed by atoms with Crippen molar-refractivity contribution < 1.29 is 34.8 Å². The zero-order chi connectivity index (χ0) is 25.9. The number of hydrogen-bond donors (Lipinski definition) is 4. The third-order valence-corrected chi connectivity index (χ3v) is 11.1. The van der Waals surface area contributed by atoms with Crippen molar-refractivity contribution in [3.63, 3.8) is 0 Å². The van der Waals surface area contributed by atoms with Crippen molar-refractivity contribution >= 4 is 11.6 Å². The zero-order valence-corrected chi connectivity index (χ0v) is 21.6. The maximum absolute atomic E-state index is 13.6. The van der Waals surface area contributed by atoms with Crippen LogP contribution < -0.4 is 0 Å². The first kappa shape index (κ1) is 25.3. The molecule has 1 heterocycles. The number of carbonyl (C=O) groups is 2. The number of carbonyl (C=O) groups excluding carboxylic acids is 2. The van der Waals surface area contributed by atoms with Gasteiger partial charge in [-0.2, -0.15) is 0 Å². The molecule has 2 saturated carbocycles. The molecule has 7 heteroatoms. The third-order valence-electron chi connectivity index (χ3n) is 11.1. The molecule has 35 heavy (non-hydrogen) atoms. The zero-order valence-electron chi connectivity index (χ0n) is 21.6. The fourth-order valence-corrected chi connectivity index (χ4v) is 8.37. The van der Waals surface area contributed by atoms with Gasteiger partial charge in [-0.05, 0) is 48.3 Å². The molecule has 4 aliphatic carbocycles. The van der Waals surface area contributed by atoms with Gasteiger partial charge in [0, 0.05) is 28.6 Å². The van der Waals surface area contributed by atoms with Crippen LogP contribution in [-0.2, 0) is 14.3 Å². The van der Waals surface area contributed by atoms with Crippen molar-refractivity contribution in [3.8, 4) is 0 Å². The van der Waals surface area contributed by atoms with Gasteiger partial charge < -0.3 is 25.2 Å². The molecular weight excluding hydrogens is 448 g/mol. The standard InChI is InChI=1S/C28H40O7/c1-13(2)18(29)11-19(30)14(3)15-7-8-25(4)16-10-22(33)28-24(35-28)23(34)20(31)12-26(28,5)17(16)9-21(32)27(15,25)6/h9-10,13-15,19-21,23-24,30-32,34H,7-8,11-12H2,1-6H3/t14-,15+,19+,20-,21+,23+,24-,25-,26+,27-,28-/m0/s1.